The Hall–Kier alpha value is -1.68. The van der Waals surface area contributed by atoms with Gasteiger partial charge in [-0.1, -0.05) is 12.1 Å². The molecule has 0 radical (unpaired) electrons. The second-order valence-corrected chi connectivity index (χ2v) is 5.31. The lowest BCUT2D eigenvalue weighted by molar-refractivity contribution is -0.128. The average molecular weight is 291 g/mol. The average Bonchev–Trinajstić information content (AvgIpc) is 2.49. The number of rotatable bonds is 4. The van der Waals surface area contributed by atoms with Crippen LogP contribution in [0.1, 0.15) is 32.3 Å². The molecule has 1 aliphatic heterocycles. The van der Waals surface area contributed by atoms with Crippen LogP contribution in [0.15, 0.2) is 30.3 Å². The predicted octanol–water partition coefficient (Wildman–Crippen LogP) is 3.26. The summed E-state index contributed by atoms with van der Waals surface area (Å²) in [4.78, 5) is 14.1. The Kier molecular flexibility index (Phi) is 5.51. The van der Waals surface area contributed by atoms with Crippen molar-refractivity contribution in [3.63, 3.8) is 0 Å². The summed E-state index contributed by atoms with van der Waals surface area (Å²) in [5.74, 6) is -0.248. The van der Waals surface area contributed by atoms with Gasteiger partial charge in [0.15, 0.2) is 0 Å². The van der Waals surface area contributed by atoms with Crippen LogP contribution in [0.25, 0.3) is 5.57 Å². The summed E-state index contributed by atoms with van der Waals surface area (Å²) in [5.41, 5.74) is 1.72. The molecule has 0 N–H and O–H groups in total. The van der Waals surface area contributed by atoms with Crippen LogP contribution in [0.5, 0.6) is 0 Å². The van der Waals surface area contributed by atoms with E-state index >= 15 is 0 Å². The highest BCUT2D eigenvalue weighted by Gasteiger charge is 2.21. The van der Waals surface area contributed by atoms with Crippen molar-refractivity contribution in [1.29, 1.82) is 0 Å². The minimum atomic E-state index is -0.268. The summed E-state index contributed by atoms with van der Waals surface area (Å²) in [6.07, 6.45) is 3.70. The van der Waals surface area contributed by atoms with Gasteiger partial charge in [-0.25, -0.2) is 4.39 Å². The summed E-state index contributed by atoms with van der Waals surface area (Å²) < 4.78 is 18.5. The Balaban J connectivity index is 1.94. The second-order valence-electron chi connectivity index (χ2n) is 5.31. The first-order chi connectivity index (χ1) is 10.1. The number of ether oxygens (including phenoxy) is 1. The zero-order chi connectivity index (χ0) is 15.2. The third-order valence-electron chi connectivity index (χ3n) is 3.80. The third kappa shape index (κ3) is 4.39. The normalized spacial score (nSPS) is 17.1. The molecule has 1 aliphatic rings. The molecule has 0 spiro atoms. The van der Waals surface area contributed by atoms with Gasteiger partial charge in [-0.2, -0.15) is 0 Å². The zero-order valence-electron chi connectivity index (χ0n) is 12.6. The molecular formula is C17H22FNO2. The first-order valence-electron chi connectivity index (χ1n) is 7.45. The van der Waals surface area contributed by atoms with Crippen molar-refractivity contribution >= 4 is 11.5 Å². The van der Waals surface area contributed by atoms with Gasteiger partial charge in [0, 0.05) is 25.8 Å². The Morgan fingerprint density at radius 3 is 2.52 bits per heavy atom. The summed E-state index contributed by atoms with van der Waals surface area (Å²) in [6, 6.07) is 6.20. The summed E-state index contributed by atoms with van der Waals surface area (Å²) in [5, 5.41) is 0. The lowest BCUT2D eigenvalue weighted by atomic mass is 10.1. The second kappa shape index (κ2) is 7.36. The molecule has 1 fully saturated rings. The Labute approximate surface area is 125 Å². The van der Waals surface area contributed by atoms with Gasteiger partial charge >= 0.3 is 0 Å². The van der Waals surface area contributed by atoms with E-state index in [0.717, 1.165) is 43.7 Å². The van der Waals surface area contributed by atoms with E-state index in [1.807, 2.05) is 18.7 Å². The van der Waals surface area contributed by atoms with Crippen molar-refractivity contribution in [2.75, 3.05) is 19.7 Å². The highest BCUT2D eigenvalue weighted by Crippen LogP contribution is 2.17. The van der Waals surface area contributed by atoms with Gasteiger partial charge in [-0.05, 0) is 50.0 Å². The molecule has 0 atom stereocenters. The lowest BCUT2D eigenvalue weighted by Crippen LogP contribution is -2.40. The van der Waals surface area contributed by atoms with Gasteiger partial charge in [0.2, 0.25) is 5.91 Å². The van der Waals surface area contributed by atoms with Crippen molar-refractivity contribution < 1.29 is 13.9 Å². The molecule has 0 bridgehead atoms. The largest absolute Gasteiger partial charge is 0.378 e. The number of allylic oxidation sites excluding steroid dienone is 1. The van der Waals surface area contributed by atoms with Gasteiger partial charge in [-0.15, -0.1) is 0 Å². The number of amides is 1. The number of carbonyl (C=O) groups excluding carboxylic acids is 1. The van der Waals surface area contributed by atoms with Crippen LogP contribution in [0.2, 0.25) is 0 Å². The Bertz CT molecular complexity index is 502. The van der Waals surface area contributed by atoms with E-state index in [-0.39, 0.29) is 17.8 Å². The fourth-order valence-electron chi connectivity index (χ4n) is 2.55. The summed E-state index contributed by atoms with van der Waals surface area (Å²) >= 11 is 0. The van der Waals surface area contributed by atoms with Crippen molar-refractivity contribution in [1.82, 2.24) is 4.90 Å². The van der Waals surface area contributed by atoms with Crippen molar-refractivity contribution in [3.05, 3.63) is 41.7 Å². The molecule has 21 heavy (non-hydrogen) atoms. The van der Waals surface area contributed by atoms with Gasteiger partial charge in [0.1, 0.15) is 5.82 Å². The monoisotopic (exact) mass is 291 g/mol. The smallest absolute Gasteiger partial charge is 0.246 e. The first-order valence-corrected chi connectivity index (χ1v) is 7.45. The minimum absolute atomic E-state index is 0.0202. The molecule has 0 unspecified atom stereocenters. The van der Waals surface area contributed by atoms with Crippen molar-refractivity contribution in [2.45, 2.75) is 32.8 Å². The number of nitrogens with zero attached hydrogens (tertiary/aromatic N) is 1. The number of likely N-dealkylation sites (tertiary alicyclic amines) is 1. The van der Waals surface area contributed by atoms with Gasteiger partial charge < -0.3 is 9.64 Å². The highest BCUT2D eigenvalue weighted by atomic mass is 19.1. The maximum Gasteiger partial charge on any atom is 0.246 e. The minimum Gasteiger partial charge on any atom is -0.378 e. The van der Waals surface area contributed by atoms with E-state index in [4.69, 9.17) is 4.74 Å². The van der Waals surface area contributed by atoms with Crippen LogP contribution < -0.4 is 0 Å². The van der Waals surface area contributed by atoms with Crippen LogP contribution in [0.4, 0.5) is 4.39 Å². The van der Waals surface area contributed by atoms with E-state index in [2.05, 4.69) is 0 Å². The van der Waals surface area contributed by atoms with Crippen molar-refractivity contribution in [2.24, 2.45) is 0 Å². The standard InChI is InChI=1S/C17H22FNO2/c1-3-21-16-8-10-19(11-9-16)17(20)12-13(2)14-4-6-15(18)7-5-14/h4-7,12,16H,3,8-11H2,1-2H3/b13-12+. The molecule has 3 nitrogen and oxygen atoms in total. The van der Waals surface area contributed by atoms with E-state index in [1.165, 1.54) is 12.1 Å². The summed E-state index contributed by atoms with van der Waals surface area (Å²) in [7, 11) is 0. The van der Waals surface area contributed by atoms with E-state index in [1.54, 1.807) is 18.2 Å². The van der Waals surface area contributed by atoms with Crippen LogP contribution in [0, 0.1) is 5.82 Å². The number of benzene rings is 1. The molecule has 0 aromatic heterocycles. The van der Waals surface area contributed by atoms with Crippen LogP contribution in [-0.4, -0.2) is 36.6 Å². The fourth-order valence-corrected chi connectivity index (χ4v) is 2.55. The highest BCUT2D eigenvalue weighted by molar-refractivity contribution is 5.94. The lowest BCUT2D eigenvalue weighted by Gasteiger charge is -2.31. The molecule has 1 aromatic carbocycles. The molecule has 2 rings (SSSR count). The SMILES string of the molecule is CCOC1CCN(C(=O)/C=C(\C)c2ccc(F)cc2)CC1. The van der Waals surface area contributed by atoms with Crippen LogP contribution in [-0.2, 0) is 9.53 Å². The van der Waals surface area contributed by atoms with E-state index in [9.17, 15) is 9.18 Å². The van der Waals surface area contributed by atoms with Gasteiger partial charge in [0.05, 0.1) is 6.10 Å². The number of piperidine rings is 1. The van der Waals surface area contributed by atoms with Crippen LogP contribution >= 0.6 is 0 Å². The van der Waals surface area contributed by atoms with Gasteiger partial charge in [0.25, 0.3) is 0 Å². The van der Waals surface area contributed by atoms with Crippen molar-refractivity contribution in [3.8, 4) is 0 Å². The maximum atomic E-state index is 12.9. The van der Waals surface area contributed by atoms with E-state index in [0.29, 0.717) is 0 Å². The topological polar surface area (TPSA) is 29.5 Å². The third-order valence-corrected chi connectivity index (χ3v) is 3.80. The fraction of sp³-hybridized carbons (Fsp3) is 0.471. The molecule has 1 saturated heterocycles. The molecule has 1 heterocycles. The summed E-state index contributed by atoms with van der Waals surface area (Å²) in [6.45, 7) is 6.06. The molecule has 0 aliphatic carbocycles. The number of hydrogen-bond acceptors (Lipinski definition) is 2. The Morgan fingerprint density at radius 2 is 1.95 bits per heavy atom. The molecule has 4 heteroatoms. The van der Waals surface area contributed by atoms with E-state index < -0.39 is 0 Å². The molecule has 1 amide bonds. The van der Waals surface area contributed by atoms with Crippen LogP contribution in [0.3, 0.4) is 0 Å². The molecule has 1 aromatic rings. The molecule has 114 valence electrons. The molecular weight excluding hydrogens is 269 g/mol. The number of carbonyl (C=O) groups is 1. The number of halogens is 1. The first kappa shape index (κ1) is 15.7. The number of hydrogen-bond donors (Lipinski definition) is 0. The van der Waals surface area contributed by atoms with Gasteiger partial charge in [-0.3, -0.25) is 4.79 Å². The Morgan fingerprint density at radius 1 is 1.33 bits per heavy atom. The quantitative estimate of drug-likeness (QED) is 0.797. The zero-order valence-corrected chi connectivity index (χ0v) is 12.6. The molecule has 0 saturated carbocycles. The maximum absolute atomic E-state index is 12.9. The predicted molar refractivity (Wildman–Crippen MR) is 81.3 cm³/mol.